The van der Waals surface area contributed by atoms with Gasteiger partial charge < -0.3 is 5.32 Å². The number of rotatable bonds is 4. The first-order valence-corrected chi connectivity index (χ1v) is 9.07. The lowest BCUT2D eigenvalue weighted by molar-refractivity contribution is 1.18. The zero-order valence-corrected chi connectivity index (χ0v) is 17.4. The first-order valence-electron chi connectivity index (χ1n) is 9.07. The third kappa shape index (κ3) is 9.08. The maximum Gasteiger partial charge on any atom is 0.0384 e. The highest BCUT2D eigenvalue weighted by molar-refractivity contribution is 5.61. The number of allylic oxidation sites excluding steroid dienone is 3. The number of nitrogens with one attached hydrogen (secondary N) is 1. The van der Waals surface area contributed by atoms with Crippen molar-refractivity contribution in [3.63, 3.8) is 0 Å². The minimum atomic E-state index is 1.07. The predicted octanol–water partition coefficient (Wildman–Crippen LogP) is 7.86. The van der Waals surface area contributed by atoms with Gasteiger partial charge in [-0.15, -0.1) is 13.2 Å². The Morgan fingerprint density at radius 2 is 1.62 bits per heavy atom. The van der Waals surface area contributed by atoms with Crippen molar-refractivity contribution < 1.29 is 0 Å². The largest absolute Gasteiger partial charge is 0.359 e. The molecule has 0 radical (unpaired) electrons. The van der Waals surface area contributed by atoms with Crippen LogP contribution in [0.1, 0.15) is 49.4 Å². The summed E-state index contributed by atoms with van der Waals surface area (Å²) in [6.07, 6.45) is 3.26. The number of anilines is 1. The average molecular weight is 350 g/mol. The van der Waals surface area contributed by atoms with Crippen LogP contribution in [0.2, 0.25) is 0 Å². The van der Waals surface area contributed by atoms with E-state index in [4.69, 9.17) is 0 Å². The molecule has 1 nitrogen and oxygen atoms in total. The fraction of sp³-hybridized carbons (Fsp3) is 0.280. The average Bonchev–Trinajstić information content (AvgIpc) is 2.61. The molecule has 0 aliphatic carbocycles. The zero-order chi connectivity index (χ0) is 20.1. The van der Waals surface area contributed by atoms with E-state index in [-0.39, 0.29) is 0 Å². The van der Waals surface area contributed by atoms with Crippen molar-refractivity contribution >= 4 is 11.3 Å². The third-order valence-corrected chi connectivity index (χ3v) is 3.87. The van der Waals surface area contributed by atoms with E-state index in [9.17, 15) is 0 Å². The summed E-state index contributed by atoms with van der Waals surface area (Å²) >= 11 is 0. The molecule has 2 aromatic carbocycles. The molecule has 140 valence electrons. The summed E-state index contributed by atoms with van der Waals surface area (Å²) in [5.41, 5.74) is 8.72. The molecule has 0 aromatic heterocycles. The third-order valence-electron chi connectivity index (χ3n) is 3.87. The van der Waals surface area contributed by atoms with Crippen LogP contribution in [-0.2, 0) is 0 Å². The van der Waals surface area contributed by atoms with Crippen LogP contribution in [0.5, 0.6) is 0 Å². The SMILES string of the molecule is C=C.C=C(C)c1cccc(C)c1.CC/C=C(\C)Nc1ccc(C)c(C)c1. The van der Waals surface area contributed by atoms with Gasteiger partial charge in [0.2, 0.25) is 0 Å². The van der Waals surface area contributed by atoms with E-state index in [0.717, 1.165) is 12.0 Å². The Kier molecular flexibility index (Phi) is 11.5. The number of hydrogen-bond donors (Lipinski definition) is 1. The minimum absolute atomic E-state index is 1.07. The van der Waals surface area contributed by atoms with Gasteiger partial charge in [0.15, 0.2) is 0 Å². The first kappa shape index (κ1) is 23.5. The smallest absolute Gasteiger partial charge is 0.0384 e. The number of benzene rings is 2. The van der Waals surface area contributed by atoms with Crippen molar-refractivity contribution in [2.45, 2.75) is 48.0 Å². The van der Waals surface area contributed by atoms with Crippen molar-refractivity contribution in [2.24, 2.45) is 0 Å². The van der Waals surface area contributed by atoms with E-state index in [2.05, 4.69) is 108 Å². The quantitative estimate of drug-likeness (QED) is 0.554. The molecule has 0 fully saturated rings. The second-order valence-corrected chi connectivity index (χ2v) is 6.37. The maximum absolute atomic E-state index is 3.87. The van der Waals surface area contributed by atoms with Crippen molar-refractivity contribution in [3.8, 4) is 0 Å². The molecule has 2 aromatic rings. The van der Waals surface area contributed by atoms with Gasteiger partial charge in [0.1, 0.15) is 0 Å². The van der Waals surface area contributed by atoms with E-state index in [1.54, 1.807) is 0 Å². The number of aryl methyl sites for hydroxylation is 3. The van der Waals surface area contributed by atoms with Gasteiger partial charge in [0, 0.05) is 11.4 Å². The standard InChI is InChI=1S/C13H19N.C10H12.C2H4/c1-5-6-12(4)14-13-8-7-10(2)11(3)9-13;1-8(2)10-6-4-5-9(3)7-10;1-2/h6-9,14H,5H2,1-4H3;4-7H,1H2,2-3H3;1-2H2/b12-6+;;. The molecule has 0 aliphatic rings. The van der Waals surface area contributed by atoms with Crippen molar-refractivity contribution in [1.82, 2.24) is 0 Å². The molecule has 0 unspecified atom stereocenters. The predicted molar refractivity (Wildman–Crippen MR) is 121 cm³/mol. The zero-order valence-electron chi connectivity index (χ0n) is 17.4. The highest BCUT2D eigenvalue weighted by atomic mass is 14.9. The molecular formula is C25H35N. The fourth-order valence-corrected chi connectivity index (χ4v) is 2.31. The summed E-state index contributed by atoms with van der Waals surface area (Å²) < 4.78 is 0. The molecule has 0 saturated carbocycles. The lowest BCUT2D eigenvalue weighted by Crippen LogP contribution is -1.96. The van der Waals surface area contributed by atoms with Gasteiger partial charge in [-0.05, 0) is 69.9 Å². The van der Waals surface area contributed by atoms with Crippen LogP contribution in [0.25, 0.3) is 5.57 Å². The summed E-state index contributed by atoms with van der Waals surface area (Å²) in [4.78, 5) is 0. The van der Waals surface area contributed by atoms with Crippen LogP contribution in [0.4, 0.5) is 5.69 Å². The molecule has 0 spiro atoms. The molecule has 0 saturated heterocycles. The molecule has 0 heterocycles. The molecule has 0 bridgehead atoms. The van der Waals surface area contributed by atoms with Crippen LogP contribution in [-0.4, -0.2) is 0 Å². The topological polar surface area (TPSA) is 12.0 Å². The Labute approximate surface area is 161 Å². The Morgan fingerprint density at radius 3 is 2.08 bits per heavy atom. The summed E-state index contributed by atoms with van der Waals surface area (Å²) in [5.74, 6) is 0. The van der Waals surface area contributed by atoms with Gasteiger partial charge in [0.05, 0.1) is 0 Å². The highest BCUT2D eigenvalue weighted by Gasteiger charge is 1.95. The fourth-order valence-electron chi connectivity index (χ4n) is 2.31. The van der Waals surface area contributed by atoms with E-state index < -0.39 is 0 Å². The summed E-state index contributed by atoms with van der Waals surface area (Å²) in [5, 5.41) is 3.37. The second-order valence-electron chi connectivity index (χ2n) is 6.37. The molecule has 26 heavy (non-hydrogen) atoms. The van der Waals surface area contributed by atoms with Gasteiger partial charge in [-0.1, -0.05) is 61.0 Å². The van der Waals surface area contributed by atoms with Gasteiger partial charge in [-0.2, -0.15) is 0 Å². The van der Waals surface area contributed by atoms with Gasteiger partial charge in [-0.25, -0.2) is 0 Å². The minimum Gasteiger partial charge on any atom is -0.359 e. The summed E-state index contributed by atoms with van der Waals surface area (Å²) in [6.45, 7) is 22.5. The van der Waals surface area contributed by atoms with Gasteiger partial charge in [0.25, 0.3) is 0 Å². The van der Waals surface area contributed by atoms with Gasteiger partial charge >= 0.3 is 0 Å². The Bertz CT molecular complexity index is 723. The second kappa shape index (κ2) is 12.8. The Hall–Kier alpha value is -2.54. The molecular weight excluding hydrogens is 314 g/mol. The lowest BCUT2D eigenvalue weighted by Gasteiger charge is -2.08. The van der Waals surface area contributed by atoms with Crippen molar-refractivity contribution in [3.05, 3.63) is 96.2 Å². The van der Waals surface area contributed by atoms with Crippen molar-refractivity contribution in [1.29, 1.82) is 0 Å². The first-order chi connectivity index (χ1) is 12.3. The highest BCUT2D eigenvalue weighted by Crippen LogP contribution is 2.16. The van der Waals surface area contributed by atoms with Gasteiger partial charge in [-0.3, -0.25) is 0 Å². The van der Waals surface area contributed by atoms with Crippen molar-refractivity contribution in [2.75, 3.05) is 5.32 Å². The van der Waals surface area contributed by atoms with Crippen LogP contribution in [0.3, 0.4) is 0 Å². The van der Waals surface area contributed by atoms with Crippen LogP contribution in [0.15, 0.2) is 74.0 Å². The number of hydrogen-bond acceptors (Lipinski definition) is 1. The molecule has 0 aliphatic heterocycles. The molecule has 1 N–H and O–H groups in total. The van der Waals surface area contributed by atoms with Crippen LogP contribution >= 0.6 is 0 Å². The van der Waals surface area contributed by atoms with E-state index in [1.165, 1.54) is 33.6 Å². The van der Waals surface area contributed by atoms with Crippen LogP contribution in [0, 0.1) is 20.8 Å². The molecule has 1 heteroatoms. The normalized spacial score (nSPS) is 10.0. The van der Waals surface area contributed by atoms with Crippen LogP contribution < -0.4 is 5.32 Å². The van der Waals surface area contributed by atoms with E-state index in [1.807, 2.05) is 6.92 Å². The Balaban J connectivity index is 0.000000458. The molecule has 0 amide bonds. The monoisotopic (exact) mass is 349 g/mol. The lowest BCUT2D eigenvalue weighted by atomic mass is 10.1. The summed E-state index contributed by atoms with van der Waals surface area (Å²) in [6, 6.07) is 14.8. The molecule has 2 rings (SSSR count). The maximum atomic E-state index is 3.87. The summed E-state index contributed by atoms with van der Waals surface area (Å²) in [7, 11) is 0. The molecule has 0 atom stereocenters. The van der Waals surface area contributed by atoms with E-state index in [0.29, 0.717) is 0 Å². The Morgan fingerprint density at radius 1 is 0.962 bits per heavy atom. The van der Waals surface area contributed by atoms with E-state index >= 15 is 0 Å².